The van der Waals surface area contributed by atoms with Crippen LogP contribution in [0.4, 0.5) is 5.69 Å². The van der Waals surface area contributed by atoms with Crippen LogP contribution >= 0.6 is 0 Å². The van der Waals surface area contributed by atoms with Crippen LogP contribution in [0.3, 0.4) is 0 Å². The highest BCUT2D eigenvalue weighted by molar-refractivity contribution is 5.97. The van der Waals surface area contributed by atoms with E-state index in [2.05, 4.69) is 16.0 Å². The summed E-state index contributed by atoms with van der Waals surface area (Å²) in [5.41, 5.74) is 4.44. The summed E-state index contributed by atoms with van der Waals surface area (Å²) in [6, 6.07) is 23.0. The predicted molar refractivity (Wildman–Crippen MR) is 125 cm³/mol. The molecule has 3 rings (SSSR count). The van der Waals surface area contributed by atoms with Crippen LogP contribution in [0.5, 0.6) is 5.75 Å². The first-order valence-electron chi connectivity index (χ1n) is 10.3. The maximum Gasteiger partial charge on any atom is 0.251 e. The lowest BCUT2D eigenvalue weighted by atomic mass is 10.1. The molecule has 6 heteroatoms. The summed E-state index contributed by atoms with van der Waals surface area (Å²) in [7, 11) is 0. The van der Waals surface area contributed by atoms with E-state index < -0.39 is 0 Å². The lowest BCUT2D eigenvalue weighted by molar-refractivity contribution is 0.0955. The highest BCUT2D eigenvalue weighted by Gasteiger charge is 2.12. The third kappa shape index (κ3) is 6.34. The number of aryl methyl sites for hydroxylation is 1. The van der Waals surface area contributed by atoms with E-state index in [-0.39, 0.29) is 11.9 Å². The molecule has 31 heavy (non-hydrogen) atoms. The van der Waals surface area contributed by atoms with E-state index in [1.54, 1.807) is 18.2 Å². The number of hydrogen-bond donors (Lipinski definition) is 4. The van der Waals surface area contributed by atoms with E-state index in [4.69, 9.17) is 10.1 Å². The van der Waals surface area contributed by atoms with Crippen molar-refractivity contribution in [2.75, 3.05) is 11.9 Å². The number of ether oxygens (including phenoxy) is 1. The van der Waals surface area contributed by atoms with Crippen LogP contribution in [0.1, 0.15) is 34.0 Å². The Morgan fingerprint density at radius 2 is 1.71 bits per heavy atom. The van der Waals surface area contributed by atoms with Crippen LogP contribution in [0.15, 0.2) is 72.8 Å². The molecule has 160 valence electrons. The van der Waals surface area contributed by atoms with E-state index in [1.807, 2.05) is 68.4 Å². The van der Waals surface area contributed by atoms with Crippen molar-refractivity contribution in [1.29, 1.82) is 5.41 Å². The fraction of sp³-hybridized carbons (Fsp3) is 0.200. The Kier molecular flexibility index (Phi) is 7.65. The average Bonchev–Trinajstić information content (AvgIpc) is 2.78. The van der Waals surface area contributed by atoms with Gasteiger partial charge in [0.05, 0.1) is 5.69 Å². The molecular weight excluding hydrogens is 388 g/mol. The number of hydrogen-bond acceptors (Lipinski definition) is 3. The van der Waals surface area contributed by atoms with Gasteiger partial charge in [0.2, 0.25) is 0 Å². The van der Waals surface area contributed by atoms with Crippen LogP contribution in [-0.4, -0.2) is 18.4 Å². The molecule has 0 aromatic heterocycles. The Morgan fingerprint density at radius 3 is 2.45 bits per heavy atom. The molecule has 4 N–H and O–H groups in total. The summed E-state index contributed by atoms with van der Waals surface area (Å²) >= 11 is 0. The minimum absolute atomic E-state index is 0.151. The van der Waals surface area contributed by atoms with Gasteiger partial charge in [-0.25, -0.2) is 0 Å². The second-order valence-corrected chi connectivity index (χ2v) is 7.12. The molecule has 0 radical (unpaired) electrons. The van der Waals surface area contributed by atoms with Crippen molar-refractivity contribution in [3.8, 4) is 5.75 Å². The number of rotatable bonds is 8. The number of amides is 1. The molecule has 0 fully saturated rings. The minimum atomic E-state index is -0.161. The van der Waals surface area contributed by atoms with Gasteiger partial charge >= 0.3 is 0 Å². The first-order chi connectivity index (χ1) is 15.1. The Hall–Kier alpha value is -3.80. The Balaban J connectivity index is 1.73. The average molecular weight is 417 g/mol. The fourth-order valence-electron chi connectivity index (χ4n) is 3.06. The Morgan fingerprint density at radius 1 is 0.968 bits per heavy atom. The minimum Gasteiger partial charge on any atom is -0.487 e. The van der Waals surface area contributed by atoms with Crippen molar-refractivity contribution in [2.24, 2.45) is 0 Å². The quantitative estimate of drug-likeness (QED) is 0.323. The van der Waals surface area contributed by atoms with E-state index in [0.717, 1.165) is 11.1 Å². The van der Waals surface area contributed by atoms with E-state index in [9.17, 15) is 4.79 Å². The number of benzene rings is 3. The lowest BCUT2D eigenvalue weighted by Gasteiger charge is -2.16. The van der Waals surface area contributed by atoms with Gasteiger partial charge in [0, 0.05) is 18.7 Å². The zero-order chi connectivity index (χ0) is 22.1. The zero-order valence-electron chi connectivity index (χ0n) is 17.9. The predicted octanol–water partition coefficient (Wildman–Crippen LogP) is 4.46. The smallest absolute Gasteiger partial charge is 0.251 e. The highest BCUT2D eigenvalue weighted by Crippen LogP contribution is 2.27. The molecule has 0 saturated carbocycles. The topological polar surface area (TPSA) is 86.2 Å². The summed E-state index contributed by atoms with van der Waals surface area (Å²) < 4.78 is 6.01. The number of guanidine groups is 1. The van der Waals surface area contributed by atoms with Gasteiger partial charge in [-0.15, -0.1) is 0 Å². The van der Waals surface area contributed by atoms with Gasteiger partial charge in [-0.3, -0.25) is 10.2 Å². The van der Waals surface area contributed by atoms with Gasteiger partial charge in [0.25, 0.3) is 5.91 Å². The molecule has 0 heterocycles. The van der Waals surface area contributed by atoms with Gasteiger partial charge in [0.15, 0.2) is 5.96 Å². The molecule has 3 aromatic carbocycles. The van der Waals surface area contributed by atoms with Gasteiger partial charge < -0.3 is 20.7 Å². The monoisotopic (exact) mass is 416 g/mol. The van der Waals surface area contributed by atoms with E-state index in [1.165, 1.54) is 5.56 Å². The summed E-state index contributed by atoms with van der Waals surface area (Å²) in [6.45, 7) is 5.37. The normalized spacial score (nSPS) is 10.3. The highest BCUT2D eigenvalue weighted by atomic mass is 16.5. The molecule has 0 aliphatic carbocycles. The Bertz CT molecular complexity index is 1030. The number of nitrogens with one attached hydrogen (secondary N) is 4. The van der Waals surface area contributed by atoms with Crippen molar-refractivity contribution in [1.82, 2.24) is 10.6 Å². The van der Waals surface area contributed by atoms with Gasteiger partial charge in [-0.05, 0) is 48.7 Å². The Labute approximate surface area is 183 Å². The van der Waals surface area contributed by atoms with Crippen molar-refractivity contribution in [2.45, 2.75) is 27.0 Å². The maximum atomic E-state index is 12.3. The summed E-state index contributed by atoms with van der Waals surface area (Å²) in [5.74, 6) is 0.500. The molecule has 0 atom stereocenters. The lowest BCUT2D eigenvalue weighted by Crippen LogP contribution is -2.29. The molecular formula is C25H28N4O2. The van der Waals surface area contributed by atoms with Crippen molar-refractivity contribution in [3.63, 3.8) is 0 Å². The van der Waals surface area contributed by atoms with Gasteiger partial charge in [0.1, 0.15) is 12.4 Å². The van der Waals surface area contributed by atoms with E-state index >= 15 is 0 Å². The molecule has 1 amide bonds. The molecule has 0 unspecified atom stereocenters. The van der Waals surface area contributed by atoms with Crippen LogP contribution in [0.2, 0.25) is 0 Å². The van der Waals surface area contributed by atoms with Crippen LogP contribution in [0.25, 0.3) is 0 Å². The SMILES string of the molecule is CCNC(=O)c1ccc(NC(=N)NCc2ccccc2C)c(OCc2ccccc2)c1. The molecule has 0 aliphatic rings. The molecule has 0 saturated heterocycles. The van der Waals surface area contributed by atoms with Crippen LogP contribution in [-0.2, 0) is 13.2 Å². The second-order valence-electron chi connectivity index (χ2n) is 7.12. The standard InChI is InChI=1S/C25H28N4O2/c1-3-27-24(30)20-13-14-22(23(15-20)31-17-19-10-5-4-6-11-19)29-25(26)28-16-21-12-8-7-9-18(21)2/h4-15H,3,16-17H2,1-2H3,(H,27,30)(H3,26,28,29). The summed E-state index contributed by atoms with van der Waals surface area (Å²) in [6.07, 6.45) is 0. The van der Waals surface area contributed by atoms with Crippen LogP contribution in [0, 0.1) is 12.3 Å². The molecule has 3 aromatic rings. The molecule has 6 nitrogen and oxygen atoms in total. The molecule has 0 spiro atoms. The van der Waals surface area contributed by atoms with Gasteiger partial charge in [-0.1, -0.05) is 54.6 Å². The van der Waals surface area contributed by atoms with E-state index in [0.29, 0.717) is 36.7 Å². The largest absolute Gasteiger partial charge is 0.487 e. The summed E-state index contributed by atoms with van der Waals surface area (Å²) in [4.78, 5) is 12.3. The first-order valence-corrected chi connectivity index (χ1v) is 10.3. The van der Waals surface area contributed by atoms with Crippen molar-refractivity contribution in [3.05, 3.63) is 95.1 Å². The number of carbonyl (C=O) groups excluding carboxylic acids is 1. The number of carbonyl (C=O) groups is 1. The number of anilines is 1. The third-order valence-electron chi connectivity index (χ3n) is 4.79. The molecule has 0 bridgehead atoms. The summed E-state index contributed by atoms with van der Waals surface area (Å²) in [5, 5.41) is 17.2. The fourth-order valence-corrected chi connectivity index (χ4v) is 3.06. The first kappa shape index (κ1) is 21.9. The van der Waals surface area contributed by atoms with Crippen LogP contribution < -0.4 is 20.7 Å². The zero-order valence-corrected chi connectivity index (χ0v) is 17.9. The molecule has 0 aliphatic heterocycles. The third-order valence-corrected chi connectivity index (χ3v) is 4.79. The van der Waals surface area contributed by atoms with Gasteiger partial charge in [-0.2, -0.15) is 0 Å². The van der Waals surface area contributed by atoms with Crippen molar-refractivity contribution >= 4 is 17.6 Å². The second kappa shape index (κ2) is 10.8. The van der Waals surface area contributed by atoms with Crippen molar-refractivity contribution < 1.29 is 9.53 Å². The maximum absolute atomic E-state index is 12.3.